The van der Waals surface area contributed by atoms with E-state index in [9.17, 15) is 9.18 Å². The first-order valence-corrected chi connectivity index (χ1v) is 7.63. The van der Waals surface area contributed by atoms with Crippen LogP contribution in [0, 0.1) is 5.82 Å². The summed E-state index contributed by atoms with van der Waals surface area (Å²) in [5, 5.41) is 0.485. The molecule has 0 bridgehead atoms. The van der Waals surface area contributed by atoms with Gasteiger partial charge in [0.25, 0.3) is 0 Å². The number of hydrogen-bond donors (Lipinski definition) is 0. The van der Waals surface area contributed by atoms with E-state index < -0.39 is 5.92 Å². The Hall–Kier alpha value is -1.94. The Labute approximate surface area is 130 Å². The van der Waals surface area contributed by atoms with E-state index in [1.54, 1.807) is 6.07 Å². The maximum absolute atomic E-state index is 13.5. The summed E-state index contributed by atoms with van der Waals surface area (Å²) >= 11 is 3.40. The molecule has 106 valence electrons. The van der Waals surface area contributed by atoms with Crippen molar-refractivity contribution in [2.45, 2.75) is 5.92 Å². The first kappa shape index (κ1) is 14.0. The van der Waals surface area contributed by atoms with Crippen molar-refractivity contribution in [3.05, 3.63) is 71.2 Å². The van der Waals surface area contributed by atoms with Gasteiger partial charge in [-0.3, -0.25) is 0 Å². The van der Waals surface area contributed by atoms with Gasteiger partial charge in [-0.1, -0.05) is 46.3 Å². The standard InChI is InChI=1S/C17H12BrFO2/c18-9-16-17(11-4-2-1-3-5-11)14(10-20)13-8-12(19)6-7-15(13)21-16/h1-8,10,14H,9H2. The number of carbonyl (C=O) groups is 1. The molecule has 1 unspecified atom stereocenters. The number of hydrogen-bond acceptors (Lipinski definition) is 2. The zero-order valence-corrected chi connectivity index (χ0v) is 12.6. The van der Waals surface area contributed by atoms with E-state index in [-0.39, 0.29) is 5.82 Å². The highest BCUT2D eigenvalue weighted by Crippen LogP contribution is 2.43. The van der Waals surface area contributed by atoms with Gasteiger partial charge in [-0.15, -0.1) is 0 Å². The van der Waals surface area contributed by atoms with Crippen molar-refractivity contribution in [1.29, 1.82) is 0 Å². The maximum Gasteiger partial charge on any atom is 0.132 e. The molecule has 0 saturated carbocycles. The smallest absolute Gasteiger partial charge is 0.132 e. The molecule has 0 aromatic heterocycles. The second kappa shape index (κ2) is 5.82. The normalized spacial score (nSPS) is 17.1. The molecule has 0 saturated heterocycles. The monoisotopic (exact) mass is 346 g/mol. The van der Waals surface area contributed by atoms with Gasteiger partial charge in [0.15, 0.2) is 0 Å². The highest BCUT2D eigenvalue weighted by molar-refractivity contribution is 9.09. The topological polar surface area (TPSA) is 26.3 Å². The summed E-state index contributed by atoms with van der Waals surface area (Å²) in [5.74, 6) is 0.304. The molecule has 0 aliphatic carbocycles. The second-order valence-electron chi connectivity index (χ2n) is 4.73. The number of aldehydes is 1. The molecule has 21 heavy (non-hydrogen) atoms. The van der Waals surface area contributed by atoms with Gasteiger partial charge in [0.2, 0.25) is 0 Å². The van der Waals surface area contributed by atoms with E-state index in [4.69, 9.17) is 4.74 Å². The lowest BCUT2D eigenvalue weighted by molar-refractivity contribution is -0.108. The van der Waals surface area contributed by atoms with Crippen molar-refractivity contribution in [2.24, 2.45) is 0 Å². The Kier molecular flexibility index (Phi) is 3.88. The van der Waals surface area contributed by atoms with Crippen molar-refractivity contribution >= 4 is 27.8 Å². The lowest BCUT2D eigenvalue weighted by Gasteiger charge is -2.27. The van der Waals surface area contributed by atoms with Crippen LogP contribution in [-0.2, 0) is 4.79 Å². The zero-order valence-electron chi connectivity index (χ0n) is 11.1. The average Bonchev–Trinajstić information content (AvgIpc) is 2.53. The van der Waals surface area contributed by atoms with Crippen molar-refractivity contribution in [3.8, 4) is 5.75 Å². The van der Waals surface area contributed by atoms with Crippen LogP contribution in [0.4, 0.5) is 4.39 Å². The van der Waals surface area contributed by atoms with Crippen LogP contribution < -0.4 is 4.74 Å². The lowest BCUT2D eigenvalue weighted by Crippen LogP contribution is -2.17. The van der Waals surface area contributed by atoms with Gasteiger partial charge >= 0.3 is 0 Å². The maximum atomic E-state index is 13.5. The Morgan fingerprint density at radius 3 is 2.62 bits per heavy atom. The fourth-order valence-electron chi connectivity index (χ4n) is 2.57. The Bertz CT molecular complexity index is 710. The molecule has 4 heteroatoms. The quantitative estimate of drug-likeness (QED) is 0.611. The first-order valence-electron chi connectivity index (χ1n) is 6.51. The van der Waals surface area contributed by atoms with Gasteiger partial charge in [0, 0.05) is 11.1 Å². The molecule has 1 atom stereocenters. The van der Waals surface area contributed by atoms with Crippen molar-refractivity contribution in [1.82, 2.24) is 0 Å². The number of carbonyl (C=O) groups excluding carboxylic acids is 1. The van der Waals surface area contributed by atoms with Crippen LogP contribution in [0.5, 0.6) is 5.75 Å². The molecule has 2 aromatic rings. The third kappa shape index (κ3) is 2.51. The summed E-state index contributed by atoms with van der Waals surface area (Å²) in [5.41, 5.74) is 2.24. The Morgan fingerprint density at radius 2 is 1.95 bits per heavy atom. The van der Waals surface area contributed by atoms with Gasteiger partial charge in [-0.2, -0.15) is 0 Å². The summed E-state index contributed by atoms with van der Waals surface area (Å²) in [4.78, 5) is 11.7. The molecular weight excluding hydrogens is 335 g/mol. The molecule has 0 spiro atoms. The van der Waals surface area contributed by atoms with E-state index in [1.165, 1.54) is 12.1 Å². The number of benzene rings is 2. The highest BCUT2D eigenvalue weighted by Gasteiger charge is 2.30. The average molecular weight is 347 g/mol. The number of halogens is 2. The van der Waals surface area contributed by atoms with Crippen LogP contribution >= 0.6 is 15.9 Å². The van der Waals surface area contributed by atoms with Crippen molar-refractivity contribution in [3.63, 3.8) is 0 Å². The van der Waals surface area contributed by atoms with E-state index in [0.717, 1.165) is 17.4 Å². The predicted octanol–water partition coefficient (Wildman–Crippen LogP) is 4.31. The molecule has 0 N–H and O–H groups in total. The Morgan fingerprint density at radius 1 is 1.19 bits per heavy atom. The summed E-state index contributed by atoms with van der Waals surface area (Å²) in [6, 6.07) is 13.8. The van der Waals surface area contributed by atoms with Crippen molar-refractivity contribution in [2.75, 3.05) is 5.33 Å². The predicted molar refractivity (Wildman–Crippen MR) is 83.0 cm³/mol. The summed E-state index contributed by atoms with van der Waals surface area (Å²) in [6.07, 6.45) is 0.839. The number of fused-ring (bicyclic) bond motifs is 1. The van der Waals surface area contributed by atoms with Crippen LogP contribution in [0.1, 0.15) is 17.0 Å². The fourth-order valence-corrected chi connectivity index (χ4v) is 2.99. The molecule has 2 nitrogen and oxygen atoms in total. The minimum absolute atomic E-state index is 0.376. The Balaban J connectivity index is 2.20. The highest BCUT2D eigenvalue weighted by atomic mass is 79.9. The minimum atomic E-state index is -0.528. The molecule has 2 aromatic carbocycles. The van der Waals surface area contributed by atoms with Gasteiger partial charge in [0.05, 0.1) is 11.2 Å². The van der Waals surface area contributed by atoms with E-state index >= 15 is 0 Å². The first-order chi connectivity index (χ1) is 10.2. The molecule has 0 amide bonds. The SMILES string of the molecule is O=CC1C(c2ccccc2)=C(CBr)Oc2ccc(F)cc21. The summed E-state index contributed by atoms with van der Waals surface area (Å²) in [6.45, 7) is 0. The third-order valence-corrected chi connectivity index (χ3v) is 4.00. The second-order valence-corrected chi connectivity index (χ2v) is 5.30. The van der Waals surface area contributed by atoms with Crippen molar-refractivity contribution < 1.29 is 13.9 Å². The minimum Gasteiger partial charge on any atom is -0.460 e. The molecule has 1 aliphatic rings. The molecule has 3 rings (SSSR count). The lowest BCUT2D eigenvalue weighted by atomic mass is 9.85. The molecule has 0 fully saturated rings. The fraction of sp³-hybridized carbons (Fsp3) is 0.118. The number of ether oxygens (including phenoxy) is 1. The number of allylic oxidation sites excluding steroid dienone is 2. The van der Waals surface area contributed by atoms with E-state index in [0.29, 0.717) is 22.4 Å². The summed E-state index contributed by atoms with van der Waals surface area (Å²) < 4.78 is 19.4. The van der Waals surface area contributed by atoms with Crippen LogP contribution in [0.15, 0.2) is 54.3 Å². The molecule has 1 aliphatic heterocycles. The van der Waals surface area contributed by atoms with Gasteiger partial charge in [0.1, 0.15) is 23.6 Å². The molecule has 1 heterocycles. The van der Waals surface area contributed by atoms with Crippen LogP contribution in [0.3, 0.4) is 0 Å². The third-order valence-electron chi connectivity index (χ3n) is 3.49. The zero-order chi connectivity index (χ0) is 14.8. The van der Waals surface area contributed by atoms with E-state index in [2.05, 4.69) is 15.9 Å². The van der Waals surface area contributed by atoms with Crippen LogP contribution in [-0.4, -0.2) is 11.6 Å². The van der Waals surface area contributed by atoms with Crippen LogP contribution in [0.2, 0.25) is 0 Å². The van der Waals surface area contributed by atoms with Crippen LogP contribution in [0.25, 0.3) is 5.57 Å². The number of alkyl halides is 1. The number of rotatable bonds is 3. The largest absolute Gasteiger partial charge is 0.460 e. The van der Waals surface area contributed by atoms with Gasteiger partial charge < -0.3 is 9.53 Å². The molecule has 0 radical (unpaired) electrons. The molecular formula is C17H12BrFO2. The summed E-state index contributed by atoms with van der Waals surface area (Å²) in [7, 11) is 0. The van der Waals surface area contributed by atoms with Gasteiger partial charge in [-0.25, -0.2) is 4.39 Å². The van der Waals surface area contributed by atoms with E-state index in [1.807, 2.05) is 30.3 Å². The van der Waals surface area contributed by atoms with Gasteiger partial charge in [-0.05, 0) is 23.8 Å².